The molecule has 1 unspecified atom stereocenters. The van der Waals surface area contributed by atoms with Gasteiger partial charge in [0.25, 0.3) is 0 Å². The molecule has 1 saturated carbocycles. The lowest BCUT2D eigenvalue weighted by Crippen LogP contribution is -2.38. The topological polar surface area (TPSA) is 43.3 Å². The first-order valence-electron chi connectivity index (χ1n) is 9.31. The molecule has 3 atom stereocenters. The van der Waals surface area contributed by atoms with Gasteiger partial charge in [0.2, 0.25) is 0 Å². The standard InChI is InChI=1S/C18H36O2S/c1-2-3-4-5-6-7-8-9-10-13-16-21(20)18-15-12-11-14-17(18)19/h17-19H,2-16H2,1H3/t17?,18-,21+/m0/s1. The van der Waals surface area contributed by atoms with E-state index in [0.29, 0.717) is 0 Å². The molecule has 0 saturated heterocycles. The highest BCUT2D eigenvalue weighted by atomic mass is 32.2. The van der Waals surface area contributed by atoms with Crippen molar-refractivity contribution < 1.29 is 9.66 Å². The van der Waals surface area contributed by atoms with Gasteiger partial charge in [0.1, 0.15) is 17.1 Å². The summed E-state index contributed by atoms with van der Waals surface area (Å²) in [4.78, 5) is 0. The van der Waals surface area contributed by atoms with Gasteiger partial charge >= 0.3 is 0 Å². The van der Waals surface area contributed by atoms with Crippen LogP contribution in [0.15, 0.2) is 0 Å². The van der Waals surface area contributed by atoms with Crippen LogP contribution in [0.1, 0.15) is 96.8 Å². The fourth-order valence-electron chi connectivity index (χ4n) is 3.27. The van der Waals surface area contributed by atoms with Gasteiger partial charge in [-0.2, -0.15) is 0 Å². The maximum absolute atomic E-state index is 12.2. The second-order valence-corrected chi connectivity index (χ2v) is 8.43. The second kappa shape index (κ2) is 12.8. The molecule has 1 fully saturated rings. The zero-order valence-electron chi connectivity index (χ0n) is 14.0. The van der Waals surface area contributed by atoms with E-state index in [-0.39, 0.29) is 11.4 Å². The molecule has 0 spiro atoms. The summed E-state index contributed by atoms with van der Waals surface area (Å²) in [6.45, 7) is 2.26. The van der Waals surface area contributed by atoms with E-state index in [1.165, 1.54) is 57.8 Å². The predicted octanol–water partition coefficient (Wildman–Crippen LogP) is 4.96. The van der Waals surface area contributed by atoms with Crippen LogP contribution >= 0.6 is 0 Å². The molecule has 1 rings (SSSR count). The van der Waals surface area contributed by atoms with Gasteiger partial charge in [-0.3, -0.25) is 0 Å². The Kier molecular flexibility index (Phi) is 11.8. The minimum Gasteiger partial charge on any atom is -0.616 e. The van der Waals surface area contributed by atoms with Crippen LogP contribution in [0, 0.1) is 0 Å². The molecule has 0 amide bonds. The highest BCUT2D eigenvalue weighted by Gasteiger charge is 2.32. The third kappa shape index (κ3) is 9.10. The number of hydrogen-bond acceptors (Lipinski definition) is 2. The van der Waals surface area contributed by atoms with Gasteiger partial charge in [0.15, 0.2) is 0 Å². The summed E-state index contributed by atoms with van der Waals surface area (Å²) >= 11 is -0.799. The van der Waals surface area contributed by atoms with E-state index in [2.05, 4.69) is 6.92 Å². The highest BCUT2D eigenvalue weighted by molar-refractivity contribution is 7.92. The fourth-order valence-corrected chi connectivity index (χ4v) is 4.97. The Labute approximate surface area is 135 Å². The van der Waals surface area contributed by atoms with Crippen molar-refractivity contribution in [3.63, 3.8) is 0 Å². The number of unbranched alkanes of at least 4 members (excludes halogenated alkanes) is 9. The molecule has 1 aliphatic rings. The van der Waals surface area contributed by atoms with Crippen molar-refractivity contribution in [3.8, 4) is 0 Å². The van der Waals surface area contributed by atoms with Crippen LogP contribution in [0.25, 0.3) is 0 Å². The van der Waals surface area contributed by atoms with Gasteiger partial charge < -0.3 is 9.66 Å². The Bertz CT molecular complexity index is 235. The van der Waals surface area contributed by atoms with E-state index in [1.807, 2.05) is 0 Å². The molecule has 0 radical (unpaired) electrons. The van der Waals surface area contributed by atoms with Crippen LogP contribution in [0.4, 0.5) is 0 Å². The van der Waals surface area contributed by atoms with Crippen LogP contribution in [0.3, 0.4) is 0 Å². The molecule has 1 N–H and O–H groups in total. The first-order chi connectivity index (χ1) is 10.3. The molecule has 0 aromatic heterocycles. The third-order valence-electron chi connectivity index (χ3n) is 4.70. The average molecular weight is 317 g/mol. The maximum atomic E-state index is 12.2. The Hall–Kier alpha value is 0.270. The van der Waals surface area contributed by atoms with Gasteiger partial charge in [-0.05, 0) is 43.3 Å². The van der Waals surface area contributed by atoms with Crippen LogP contribution in [-0.4, -0.2) is 26.8 Å². The summed E-state index contributed by atoms with van der Waals surface area (Å²) in [5.74, 6) is 0.804. The molecule has 0 aromatic carbocycles. The summed E-state index contributed by atoms with van der Waals surface area (Å²) in [6.07, 6.45) is 17.0. The summed E-state index contributed by atoms with van der Waals surface area (Å²) in [5.41, 5.74) is 0. The Morgan fingerprint density at radius 2 is 1.38 bits per heavy atom. The lowest BCUT2D eigenvalue weighted by molar-refractivity contribution is 0.133. The second-order valence-electron chi connectivity index (χ2n) is 6.66. The summed E-state index contributed by atoms with van der Waals surface area (Å²) < 4.78 is 12.2. The van der Waals surface area contributed by atoms with E-state index in [4.69, 9.17) is 0 Å². The van der Waals surface area contributed by atoms with E-state index in [0.717, 1.165) is 37.9 Å². The molecule has 0 aromatic rings. The largest absolute Gasteiger partial charge is 0.616 e. The molecule has 0 aliphatic heterocycles. The minimum atomic E-state index is -0.799. The smallest absolute Gasteiger partial charge is 0.141 e. The lowest BCUT2D eigenvalue weighted by atomic mass is 9.97. The average Bonchev–Trinajstić information content (AvgIpc) is 2.49. The third-order valence-corrected chi connectivity index (χ3v) is 6.62. The normalized spacial score (nSPS) is 24.1. The zero-order chi connectivity index (χ0) is 15.3. The number of aliphatic hydroxyl groups excluding tert-OH is 1. The predicted molar refractivity (Wildman–Crippen MR) is 93.1 cm³/mol. The van der Waals surface area contributed by atoms with Crippen molar-refractivity contribution in [1.82, 2.24) is 0 Å². The minimum absolute atomic E-state index is 0.0670. The van der Waals surface area contributed by atoms with E-state index in [9.17, 15) is 9.66 Å². The quantitative estimate of drug-likeness (QED) is 0.408. The summed E-state index contributed by atoms with van der Waals surface area (Å²) in [7, 11) is 0. The molecule has 21 heavy (non-hydrogen) atoms. The van der Waals surface area contributed by atoms with Gasteiger partial charge in [-0.25, -0.2) is 0 Å². The van der Waals surface area contributed by atoms with Gasteiger partial charge in [-0.15, -0.1) is 0 Å². The van der Waals surface area contributed by atoms with Crippen LogP contribution in [0.5, 0.6) is 0 Å². The van der Waals surface area contributed by atoms with Crippen molar-refractivity contribution in [1.29, 1.82) is 0 Å². The maximum Gasteiger partial charge on any atom is 0.141 e. The molecular formula is C18H36O2S. The zero-order valence-corrected chi connectivity index (χ0v) is 14.8. The van der Waals surface area contributed by atoms with E-state index < -0.39 is 11.2 Å². The van der Waals surface area contributed by atoms with Crippen LogP contribution in [-0.2, 0) is 11.2 Å². The number of hydrogen-bond donors (Lipinski definition) is 1. The molecule has 0 bridgehead atoms. The summed E-state index contributed by atoms with van der Waals surface area (Å²) in [6, 6.07) is 0. The first kappa shape index (κ1) is 19.3. The van der Waals surface area contributed by atoms with Crippen molar-refractivity contribution >= 4 is 11.2 Å². The molecule has 2 nitrogen and oxygen atoms in total. The Morgan fingerprint density at radius 3 is 1.95 bits per heavy atom. The summed E-state index contributed by atoms with van der Waals surface area (Å²) in [5, 5.41) is 9.97. The van der Waals surface area contributed by atoms with Crippen molar-refractivity contribution in [2.75, 3.05) is 5.75 Å². The van der Waals surface area contributed by atoms with E-state index in [1.54, 1.807) is 0 Å². The van der Waals surface area contributed by atoms with Crippen molar-refractivity contribution in [3.05, 3.63) is 0 Å². The molecule has 126 valence electrons. The van der Waals surface area contributed by atoms with E-state index >= 15 is 0 Å². The molecule has 1 aliphatic carbocycles. The fraction of sp³-hybridized carbons (Fsp3) is 1.00. The number of aliphatic hydroxyl groups is 1. The van der Waals surface area contributed by atoms with Gasteiger partial charge in [0, 0.05) is 0 Å². The molecular weight excluding hydrogens is 280 g/mol. The number of rotatable bonds is 12. The van der Waals surface area contributed by atoms with Crippen molar-refractivity contribution in [2.45, 2.75) is 108 Å². The molecule has 0 heterocycles. The van der Waals surface area contributed by atoms with Gasteiger partial charge in [-0.1, -0.05) is 64.7 Å². The Balaban J connectivity index is 1.89. The highest BCUT2D eigenvalue weighted by Crippen LogP contribution is 2.25. The lowest BCUT2D eigenvalue weighted by Gasteiger charge is -2.29. The van der Waals surface area contributed by atoms with Gasteiger partial charge in [0.05, 0.1) is 0 Å². The molecule has 3 heteroatoms. The van der Waals surface area contributed by atoms with Crippen molar-refractivity contribution in [2.24, 2.45) is 0 Å². The first-order valence-corrected chi connectivity index (χ1v) is 10.7. The Morgan fingerprint density at radius 1 is 0.857 bits per heavy atom. The monoisotopic (exact) mass is 316 g/mol. The SMILES string of the molecule is CCCCCCCCCCCC[S@@+]([O-])[C@H]1CCCCC1O. The van der Waals surface area contributed by atoms with Crippen LogP contribution in [0.2, 0.25) is 0 Å². The van der Waals surface area contributed by atoms with Crippen LogP contribution < -0.4 is 0 Å².